The molecule has 20 heavy (non-hydrogen) atoms. The van der Waals surface area contributed by atoms with Gasteiger partial charge in [0.25, 0.3) is 0 Å². The van der Waals surface area contributed by atoms with Crippen LogP contribution in [0, 0.1) is 6.92 Å². The van der Waals surface area contributed by atoms with Crippen molar-refractivity contribution in [1.29, 1.82) is 0 Å². The van der Waals surface area contributed by atoms with Crippen molar-refractivity contribution in [3.05, 3.63) is 35.5 Å². The Hall–Kier alpha value is -1.04. The van der Waals surface area contributed by atoms with E-state index in [0.29, 0.717) is 0 Å². The molecule has 0 amide bonds. The molecular weight excluding hydrogens is 288 g/mol. The number of benzene rings is 1. The molecule has 104 valence electrons. The number of hydrogen-bond acceptors (Lipinski definition) is 5. The molecule has 3 nitrogen and oxygen atoms in total. The standard InChI is InChI=1S/C15H16N2OS2/c1-10-3-4-13-12(7-10)14-11(9-20-13)8-16-15(17-14)19-6-5-18-2/h3-4,7-8H,5-6,9H2,1-2H3. The first-order valence-electron chi connectivity index (χ1n) is 6.49. The molecule has 0 bridgehead atoms. The summed E-state index contributed by atoms with van der Waals surface area (Å²) in [5.74, 6) is 1.83. The second-order valence-corrected chi connectivity index (χ2v) is 6.74. The zero-order chi connectivity index (χ0) is 13.9. The largest absolute Gasteiger partial charge is 0.384 e. The van der Waals surface area contributed by atoms with E-state index < -0.39 is 0 Å². The van der Waals surface area contributed by atoms with Crippen molar-refractivity contribution >= 4 is 23.5 Å². The molecule has 0 atom stereocenters. The number of aromatic nitrogens is 2. The van der Waals surface area contributed by atoms with Crippen LogP contribution >= 0.6 is 23.5 Å². The summed E-state index contributed by atoms with van der Waals surface area (Å²) in [6.07, 6.45) is 1.97. The summed E-state index contributed by atoms with van der Waals surface area (Å²) in [5, 5.41) is 0.833. The lowest BCUT2D eigenvalue weighted by molar-refractivity contribution is 0.218. The van der Waals surface area contributed by atoms with Gasteiger partial charge in [-0.1, -0.05) is 23.4 Å². The van der Waals surface area contributed by atoms with Crippen molar-refractivity contribution in [2.45, 2.75) is 22.7 Å². The van der Waals surface area contributed by atoms with Crippen molar-refractivity contribution in [3.8, 4) is 11.3 Å². The van der Waals surface area contributed by atoms with Crippen molar-refractivity contribution < 1.29 is 4.74 Å². The predicted molar refractivity (Wildman–Crippen MR) is 84.4 cm³/mol. The number of rotatable bonds is 4. The van der Waals surface area contributed by atoms with Gasteiger partial charge in [-0.05, 0) is 19.1 Å². The van der Waals surface area contributed by atoms with E-state index in [1.165, 1.54) is 21.6 Å². The summed E-state index contributed by atoms with van der Waals surface area (Å²) in [6, 6.07) is 6.57. The molecule has 0 unspecified atom stereocenters. The second-order valence-electron chi connectivity index (χ2n) is 4.66. The van der Waals surface area contributed by atoms with Crippen LogP contribution in [0.1, 0.15) is 11.1 Å². The number of ether oxygens (including phenoxy) is 1. The first kappa shape index (κ1) is 13.9. The van der Waals surface area contributed by atoms with Crippen LogP contribution in [-0.4, -0.2) is 29.4 Å². The lowest BCUT2D eigenvalue weighted by atomic mass is 10.1. The molecule has 1 aromatic carbocycles. The number of hydrogen-bond donors (Lipinski definition) is 0. The topological polar surface area (TPSA) is 35.0 Å². The van der Waals surface area contributed by atoms with Crippen molar-refractivity contribution in [3.63, 3.8) is 0 Å². The smallest absolute Gasteiger partial charge is 0.188 e. The van der Waals surface area contributed by atoms with Gasteiger partial charge in [-0.2, -0.15) is 0 Å². The van der Waals surface area contributed by atoms with E-state index in [0.717, 1.165) is 29.0 Å². The lowest BCUT2D eigenvalue weighted by Gasteiger charge is -2.18. The summed E-state index contributed by atoms with van der Waals surface area (Å²) in [5.41, 5.74) is 4.83. The third-order valence-corrected chi connectivity index (χ3v) is 5.08. The van der Waals surface area contributed by atoms with Crippen LogP contribution < -0.4 is 0 Å². The zero-order valence-electron chi connectivity index (χ0n) is 11.5. The van der Waals surface area contributed by atoms with Gasteiger partial charge in [-0.15, -0.1) is 11.8 Å². The Balaban J connectivity index is 1.95. The molecule has 2 aromatic rings. The Morgan fingerprint density at radius 1 is 1.40 bits per heavy atom. The van der Waals surface area contributed by atoms with E-state index in [9.17, 15) is 0 Å². The minimum atomic E-state index is 0.719. The van der Waals surface area contributed by atoms with Gasteiger partial charge in [-0.25, -0.2) is 9.97 Å². The van der Waals surface area contributed by atoms with Crippen LogP contribution in [0.15, 0.2) is 34.4 Å². The number of fused-ring (bicyclic) bond motifs is 3. The zero-order valence-corrected chi connectivity index (χ0v) is 13.2. The van der Waals surface area contributed by atoms with Gasteiger partial charge in [0.1, 0.15) is 0 Å². The first-order valence-corrected chi connectivity index (χ1v) is 8.46. The van der Waals surface area contributed by atoms with Crippen LogP contribution in [0.2, 0.25) is 0 Å². The molecule has 1 aliphatic heterocycles. The molecule has 2 heterocycles. The van der Waals surface area contributed by atoms with Gasteiger partial charge in [0.05, 0.1) is 12.3 Å². The summed E-state index contributed by atoms with van der Waals surface area (Å²) in [7, 11) is 1.71. The van der Waals surface area contributed by atoms with Crippen LogP contribution in [0.3, 0.4) is 0 Å². The Morgan fingerprint density at radius 3 is 3.15 bits per heavy atom. The Morgan fingerprint density at radius 2 is 2.30 bits per heavy atom. The van der Waals surface area contributed by atoms with Crippen molar-refractivity contribution in [2.24, 2.45) is 0 Å². The molecule has 1 aliphatic rings. The average molecular weight is 304 g/mol. The maximum absolute atomic E-state index is 5.07. The molecule has 1 aromatic heterocycles. The fourth-order valence-corrected chi connectivity index (χ4v) is 3.84. The number of thioether (sulfide) groups is 2. The van der Waals surface area contributed by atoms with E-state index >= 15 is 0 Å². The molecule has 3 rings (SSSR count). The summed E-state index contributed by atoms with van der Waals surface area (Å²) in [6.45, 7) is 2.84. The summed E-state index contributed by atoms with van der Waals surface area (Å²) >= 11 is 3.50. The van der Waals surface area contributed by atoms with Gasteiger partial charge in [0, 0.05) is 40.8 Å². The van der Waals surface area contributed by atoms with E-state index in [1.807, 2.05) is 18.0 Å². The van der Waals surface area contributed by atoms with Gasteiger partial charge in [-0.3, -0.25) is 0 Å². The molecule has 0 aliphatic carbocycles. The quantitative estimate of drug-likeness (QED) is 0.488. The molecule has 0 spiro atoms. The number of nitrogens with zero attached hydrogens (tertiary/aromatic N) is 2. The average Bonchev–Trinajstić information content (AvgIpc) is 2.47. The molecular formula is C15H16N2OS2. The summed E-state index contributed by atoms with van der Waals surface area (Å²) in [4.78, 5) is 10.5. The van der Waals surface area contributed by atoms with Crippen LogP contribution in [0.25, 0.3) is 11.3 Å². The summed E-state index contributed by atoms with van der Waals surface area (Å²) < 4.78 is 5.07. The van der Waals surface area contributed by atoms with E-state index in [4.69, 9.17) is 9.72 Å². The van der Waals surface area contributed by atoms with E-state index in [-0.39, 0.29) is 0 Å². The predicted octanol–water partition coefficient (Wildman–Crippen LogP) is 3.80. The lowest BCUT2D eigenvalue weighted by Crippen LogP contribution is -2.03. The highest BCUT2D eigenvalue weighted by Crippen LogP contribution is 2.40. The number of methoxy groups -OCH3 is 1. The Bertz CT molecular complexity index is 631. The van der Waals surface area contributed by atoms with Crippen molar-refractivity contribution in [2.75, 3.05) is 19.5 Å². The maximum Gasteiger partial charge on any atom is 0.188 e. The minimum Gasteiger partial charge on any atom is -0.384 e. The maximum atomic E-state index is 5.07. The molecule has 0 saturated heterocycles. The molecule has 5 heteroatoms. The van der Waals surface area contributed by atoms with Crippen LogP contribution in [-0.2, 0) is 10.5 Å². The first-order chi connectivity index (χ1) is 9.78. The highest BCUT2D eigenvalue weighted by molar-refractivity contribution is 7.99. The third-order valence-electron chi connectivity index (χ3n) is 3.13. The van der Waals surface area contributed by atoms with E-state index in [2.05, 4.69) is 30.1 Å². The molecule has 0 radical (unpaired) electrons. The second kappa shape index (κ2) is 6.16. The number of aryl methyl sites for hydroxylation is 1. The monoisotopic (exact) mass is 304 g/mol. The SMILES string of the molecule is COCCSc1ncc2c(n1)-c1cc(C)ccc1SC2. The fourth-order valence-electron chi connectivity index (χ4n) is 2.13. The van der Waals surface area contributed by atoms with Gasteiger partial charge < -0.3 is 4.74 Å². The minimum absolute atomic E-state index is 0.719. The van der Waals surface area contributed by atoms with Gasteiger partial charge >= 0.3 is 0 Å². The fraction of sp³-hybridized carbons (Fsp3) is 0.333. The molecule has 0 saturated carbocycles. The normalized spacial score (nSPS) is 12.9. The van der Waals surface area contributed by atoms with Gasteiger partial charge in [0.2, 0.25) is 0 Å². The van der Waals surface area contributed by atoms with Crippen LogP contribution in [0.4, 0.5) is 0 Å². The van der Waals surface area contributed by atoms with Crippen LogP contribution in [0.5, 0.6) is 0 Å². The highest BCUT2D eigenvalue weighted by Gasteiger charge is 2.19. The highest BCUT2D eigenvalue weighted by atomic mass is 32.2. The Kier molecular flexibility index (Phi) is 4.29. The van der Waals surface area contributed by atoms with E-state index in [1.54, 1.807) is 18.9 Å². The van der Waals surface area contributed by atoms with Crippen molar-refractivity contribution in [1.82, 2.24) is 9.97 Å². The molecule has 0 N–H and O–H groups in total. The van der Waals surface area contributed by atoms with Gasteiger partial charge in [0.15, 0.2) is 5.16 Å². The third kappa shape index (κ3) is 2.85. The molecule has 0 fully saturated rings. The Labute approximate surface area is 127 Å².